The van der Waals surface area contributed by atoms with Gasteiger partial charge in [0.2, 0.25) is 0 Å². The first-order valence-electron chi connectivity index (χ1n) is 14.7. The second-order valence-electron chi connectivity index (χ2n) is 14.2. The summed E-state index contributed by atoms with van der Waals surface area (Å²) < 4.78 is 0. The number of hydrogen-bond acceptors (Lipinski definition) is 0. The van der Waals surface area contributed by atoms with Gasteiger partial charge < -0.3 is 0 Å². The third kappa shape index (κ3) is 4.30. The van der Waals surface area contributed by atoms with Gasteiger partial charge in [0, 0.05) is 0 Å². The van der Waals surface area contributed by atoms with E-state index in [1.807, 2.05) is 0 Å². The SMILES string of the molecule is CC[C@H](CCCC(C)C)[C@H]1CCC2C3CCC4CC(C(C)C)CC[C@]4(C)C3CC[C@@]21C. The van der Waals surface area contributed by atoms with Gasteiger partial charge in [0.15, 0.2) is 0 Å². The lowest BCUT2D eigenvalue weighted by atomic mass is 9.43. The van der Waals surface area contributed by atoms with Crippen LogP contribution < -0.4 is 0 Å². The molecule has 0 saturated heterocycles. The molecular formula is C31H56. The van der Waals surface area contributed by atoms with E-state index in [0.717, 1.165) is 53.3 Å². The smallest absolute Gasteiger partial charge is 0.0264 e. The van der Waals surface area contributed by atoms with Crippen LogP contribution in [0.3, 0.4) is 0 Å². The van der Waals surface area contributed by atoms with Crippen molar-refractivity contribution in [3.63, 3.8) is 0 Å². The highest BCUT2D eigenvalue weighted by Crippen LogP contribution is 2.69. The molecule has 4 saturated carbocycles. The van der Waals surface area contributed by atoms with Gasteiger partial charge in [0.05, 0.1) is 0 Å². The highest BCUT2D eigenvalue weighted by molar-refractivity contribution is 5.10. The standard InChI is InChI=1S/C31H56/c1-8-23(11-9-10-21(2)3)27-14-15-28-26-13-12-25-20-24(22(4)5)16-18-30(25,6)29(26)17-19-31(27,28)7/h21-29H,8-20H2,1-7H3/t23-,24?,25?,26?,27-,28?,29?,30+,31-/m1/s1. The fraction of sp³-hybridized carbons (Fsp3) is 1.00. The highest BCUT2D eigenvalue weighted by atomic mass is 14.7. The first-order valence-corrected chi connectivity index (χ1v) is 14.7. The van der Waals surface area contributed by atoms with Crippen molar-refractivity contribution in [3.05, 3.63) is 0 Å². The molecule has 0 radical (unpaired) electrons. The Morgan fingerprint density at radius 1 is 0.774 bits per heavy atom. The molecule has 0 amide bonds. The zero-order valence-corrected chi connectivity index (χ0v) is 22.4. The van der Waals surface area contributed by atoms with Gasteiger partial charge in [0.1, 0.15) is 0 Å². The third-order valence-electron chi connectivity index (χ3n) is 12.2. The predicted octanol–water partition coefficient (Wildman–Crippen LogP) is 9.77. The Balaban J connectivity index is 1.47. The van der Waals surface area contributed by atoms with Crippen LogP contribution in [0.15, 0.2) is 0 Å². The maximum atomic E-state index is 2.78. The molecule has 0 aromatic carbocycles. The minimum atomic E-state index is 0.665. The molecule has 0 heterocycles. The second kappa shape index (κ2) is 9.33. The normalized spacial score (nSPS) is 46.0. The molecule has 5 unspecified atom stereocenters. The molecule has 4 rings (SSSR count). The minimum absolute atomic E-state index is 0.665. The summed E-state index contributed by atoms with van der Waals surface area (Å²) in [5.41, 5.74) is 1.34. The summed E-state index contributed by atoms with van der Waals surface area (Å²) in [7, 11) is 0. The Morgan fingerprint density at radius 2 is 1.48 bits per heavy atom. The van der Waals surface area contributed by atoms with Gasteiger partial charge in [-0.15, -0.1) is 0 Å². The summed E-state index contributed by atoms with van der Waals surface area (Å²) >= 11 is 0. The molecule has 0 aliphatic heterocycles. The van der Waals surface area contributed by atoms with Crippen LogP contribution in [0.4, 0.5) is 0 Å². The lowest BCUT2D eigenvalue weighted by Gasteiger charge is -2.62. The zero-order valence-electron chi connectivity index (χ0n) is 22.4. The molecular weight excluding hydrogens is 372 g/mol. The van der Waals surface area contributed by atoms with Gasteiger partial charge in [-0.2, -0.15) is 0 Å². The lowest BCUT2D eigenvalue weighted by molar-refractivity contribution is -0.124. The van der Waals surface area contributed by atoms with Crippen LogP contribution in [0.1, 0.15) is 132 Å². The van der Waals surface area contributed by atoms with E-state index < -0.39 is 0 Å². The van der Waals surface area contributed by atoms with Gasteiger partial charge in [-0.1, -0.05) is 74.1 Å². The lowest BCUT2D eigenvalue weighted by Crippen LogP contribution is -2.54. The number of hydrogen-bond donors (Lipinski definition) is 0. The van der Waals surface area contributed by atoms with Crippen molar-refractivity contribution in [2.75, 3.05) is 0 Å². The molecule has 4 aliphatic rings. The average molecular weight is 429 g/mol. The average Bonchev–Trinajstić information content (AvgIpc) is 3.07. The van der Waals surface area contributed by atoms with E-state index in [4.69, 9.17) is 0 Å². The molecule has 0 aromatic rings. The molecule has 0 N–H and O–H groups in total. The quantitative estimate of drug-likeness (QED) is 0.378. The van der Waals surface area contributed by atoms with Crippen molar-refractivity contribution >= 4 is 0 Å². The van der Waals surface area contributed by atoms with E-state index in [1.54, 1.807) is 51.4 Å². The molecule has 9 atom stereocenters. The van der Waals surface area contributed by atoms with Crippen LogP contribution in [0.2, 0.25) is 0 Å². The van der Waals surface area contributed by atoms with E-state index in [-0.39, 0.29) is 0 Å². The summed E-state index contributed by atoms with van der Waals surface area (Å²) in [6.07, 6.45) is 19.8. The molecule has 31 heavy (non-hydrogen) atoms. The van der Waals surface area contributed by atoms with Gasteiger partial charge in [-0.05, 0) is 122 Å². The summed E-state index contributed by atoms with van der Waals surface area (Å²) in [5.74, 6) is 9.01. The third-order valence-corrected chi connectivity index (χ3v) is 12.2. The van der Waals surface area contributed by atoms with Crippen LogP contribution in [0.5, 0.6) is 0 Å². The maximum absolute atomic E-state index is 2.78. The van der Waals surface area contributed by atoms with Crippen molar-refractivity contribution in [2.24, 2.45) is 64.1 Å². The highest BCUT2D eigenvalue weighted by Gasteiger charge is 2.60. The summed E-state index contributed by atoms with van der Waals surface area (Å²) in [5, 5.41) is 0. The van der Waals surface area contributed by atoms with Crippen LogP contribution in [-0.2, 0) is 0 Å². The Labute approximate surface area is 196 Å². The fourth-order valence-corrected chi connectivity index (χ4v) is 10.2. The molecule has 0 bridgehead atoms. The molecule has 0 nitrogen and oxygen atoms in total. The van der Waals surface area contributed by atoms with Gasteiger partial charge in [-0.25, -0.2) is 0 Å². The maximum Gasteiger partial charge on any atom is -0.0264 e. The van der Waals surface area contributed by atoms with Crippen molar-refractivity contribution in [1.82, 2.24) is 0 Å². The van der Waals surface area contributed by atoms with Crippen molar-refractivity contribution in [1.29, 1.82) is 0 Å². The van der Waals surface area contributed by atoms with Gasteiger partial charge in [0.25, 0.3) is 0 Å². The van der Waals surface area contributed by atoms with E-state index in [0.29, 0.717) is 10.8 Å². The number of rotatable bonds is 7. The molecule has 0 heteroatoms. The second-order valence-corrected chi connectivity index (χ2v) is 14.2. The van der Waals surface area contributed by atoms with Gasteiger partial charge >= 0.3 is 0 Å². The first-order chi connectivity index (χ1) is 14.7. The van der Waals surface area contributed by atoms with E-state index in [2.05, 4.69) is 48.5 Å². The van der Waals surface area contributed by atoms with E-state index in [9.17, 15) is 0 Å². The Hall–Kier alpha value is 0. The van der Waals surface area contributed by atoms with Crippen molar-refractivity contribution in [3.8, 4) is 0 Å². The summed E-state index contributed by atoms with van der Waals surface area (Å²) in [4.78, 5) is 0. The van der Waals surface area contributed by atoms with Crippen molar-refractivity contribution < 1.29 is 0 Å². The van der Waals surface area contributed by atoms with E-state index >= 15 is 0 Å². The largest absolute Gasteiger partial charge is 0.0651 e. The van der Waals surface area contributed by atoms with E-state index in [1.165, 1.54) is 32.1 Å². The minimum Gasteiger partial charge on any atom is -0.0651 e. The Kier molecular flexibility index (Phi) is 7.26. The van der Waals surface area contributed by atoms with Crippen molar-refractivity contribution in [2.45, 2.75) is 132 Å². The summed E-state index contributed by atoms with van der Waals surface area (Å²) in [6, 6.07) is 0. The molecule has 4 aliphatic carbocycles. The first kappa shape index (κ1) is 24.1. The van der Waals surface area contributed by atoms with Crippen LogP contribution in [0, 0.1) is 64.1 Å². The molecule has 0 spiro atoms. The Bertz CT molecular complexity index is 589. The zero-order chi connectivity index (χ0) is 22.4. The Morgan fingerprint density at radius 3 is 2.16 bits per heavy atom. The van der Waals surface area contributed by atoms with Crippen LogP contribution in [-0.4, -0.2) is 0 Å². The topological polar surface area (TPSA) is 0 Å². The molecule has 0 aromatic heterocycles. The molecule has 180 valence electrons. The van der Waals surface area contributed by atoms with Gasteiger partial charge in [-0.3, -0.25) is 0 Å². The van der Waals surface area contributed by atoms with Crippen LogP contribution in [0.25, 0.3) is 0 Å². The molecule has 4 fully saturated rings. The predicted molar refractivity (Wildman–Crippen MR) is 136 cm³/mol. The fourth-order valence-electron chi connectivity index (χ4n) is 10.2. The monoisotopic (exact) mass is 428 g/mol. The number of fused-ring (bicyclic) bond motifs is 5. The van der Waals surface area contributed by atoms with Crippen LogP contribution >= 0.6 is 0 Å². The summed E-state index contributed by atoms with van der Waals surface area (Å²) in [6.45, 7) is 17.8.